The monoisotopic (exact) mass is 202 g/mol. The van der Waals surface area contributed by atoms with Gasteiger partial charge in [0.05, 0.1) is 0 Å². The molecule has 1 amide bonds. The van der Waals surface area contributed by atoms with Crippen LogP contribution < -0.4 is 5.73 Å². The van der Waals surface area contributed by atoms with Crippen molar-refractivity contribution < 1.29 is 9.53 Å². The van der Waals surface area contributed by atoms with Crippen LogP contribution in [0, 0.1) is 0 Å². The second kappa shape index (κ2) is 5.98. The quantitative estimate of drug-likeness (QED) is 0.642. The van der Waals surface area contributed by atoms with E-state index in [-0.39, 0.29) is 18.1 Å². The van der Waals surface area contributed by atoms with Gasteiger partial charge in [-0.15, -0.1) is 0 Å². The van der Waals surface area contributed by atoms with E-state index in [0.29, 0.717) is 13.2 Å². The number of hydrogen-bond acceptors (Lipinski definition) is 3. The van der Waals surface area contributed by atoms with E-state index in [0.717, 1.165) is 6.42 Å². The lowest BCUT2D eigenvalue weighted by atomic mass is 10.0. The molecule has 4 heteroatoms. The summed E-state index contributed by atoms with van der Waals surface area (Å²) in [5, 5.41) is 0. The third kappa shape index (κ3) is 4.07. The van der Waals surface area contributed by atoms with E-state index in [1.165, 1.54) is 0 Å². The Hall–Kier alpha value is -0.610. The largest absolute Gasteiger partial charge is 0.372 e. The van der Waals surface area contributed by atoms with Crippen LogP contribution in [-0.2, 0) is 9.53 Å². The molecule has 2 N–H and O–H groups in total. The van der Waals surface area contributed by atoms with Gasteiger partial charge < -0.3 is 15.4 Å². The lowest BCUT2D eigenvalue weighted by Gasteiger charge is -2.34. The molecular formula is C10H22N2O2. The fourth-order valence-electron chi connectivity index (χ4n) is 0.875. The topological polar surface area (TPSA) is 55.6 Å². The van der Waals surface area contributed by atoms with Crippen molar-refractivity contribution in [3.8, 4) is 0 Å². The summed E-state index contributed by atoms with van der Waals surface area (Å²) >= 11 is 0. The summed E-state index contributed by atoms with van der Waals surface area (Å²) in [4.78, 5) is 13.2. The first-order valence-corrected chi connectivity index (χ1v) is 5.00. The first-order chi connectivity index (χ1) is 6.45. The summed E-state index contributed by atoms with van der Waals surface area (Å²) in [5.41, 5.74) is 5.27. The van der Waals surface area contributed by atoms with Crippen LogP contribution in [0.5, 0.6) is 0 Å². The van der Waals surface area contributed by atoms with E-state index in [2.05, 4.69) is 0 Å². The molecule has 0 aliphatic rings. The van der Waals surface area contributed by atoms with Gasteiger partial charge in [-0.1, -0.05) is 6.92 Å². The molecule has 0 spiro atoms. The Balaban J connectivity index is 3.99. The Morgan fingerprint density at radius 2 is 2.07 bits per heavy atom. The Morgan fingerprint density at radius 1 is 1.50 bits per heavy atom. The van der Waals surface area contributed by atoms with Gasteiger partial charge in [0.2, 0.25) is 5.91 Å². The summed E-state index contributed by atoms with van der Waals surface area (Å²) in [6.07, 6.45) is 0.928. The molecule has 0 atom stereocenters. The zero-order chi connectivity index (χ0) is 11.2. The highest BCUT2D eigenvalue weighted by atomic mass is 16.5. The average molecular weight is 202 g/mol. The molecule has 0 unspecified atom stereocenters. The molecule has 0 radical (unpaired) electrons. The van der Waals surface area contributed by atoms with Crippen molar-refractivity contribution in [2.75, 3.05) is 26.8 Å². The van der Waals surface area contributed by atoms with Crippen molar-refractivity contribution in [1.82, 2.24) is 4.90 Å². The van der Waals surface area contributed by atoms with Crippen LogP contribution >= 0.6 is 0 Å². The lowest BCUT2D eigenvalue weighted by Crippen LogP contribution is -2.51. The molecule has 4 nitrogen and oxygen atoms in total. The maximum atomic E-state index is 11.6. The predicted molar refractivity (Wildman–Crippen MR) is 57.0 cm³/mol. The summed E-state index contributed by atoms with van der Waals surface area (Å²) in [6, 6.07) is 0. The third-order valence-electron chi connectivity index (χ3n) is 2.36. The predicted octanol–water partition coefficient (Wildman–Crippen LogP) is 0.609. The molecule has 0 aliphatic heterocycles. The standard InChI is InChI=1S/C10H22N2O2/c1-5-6-14-7-9(13)12(4)10(2,3)8-11/h5-8,11H2,1-4H3. The van der Waals surface area contributed by atoms with Crippen LogP contribution in [0.2, 0.25) is 0 Å². The van der Waals surface area contributed by atoms with Gasteiger partial charge in [-0.2, -0.15) is 0 Å². The van der Waals surface area contributed by atoms with Gasteiger partial charge in [0.1, 0.15) is 6.61 Å². The van der Waals surface area contributed by atoms with E-state index < -0.39 is 0 Å². The molecule has 14 heavy (non-hydrogen) atoms. The highest BCUT2D eigenvalue weighted by Crippen LogP contribution is 2.09. The van der Waals surface area contributed by atoms with Crippen LogP contribution in [-0.4, -0.2) is 43.2 Å². The Morgan fingerprint density at radius 3 is 2.50 bits per heavy atom. The summed E-state index contributed by atoms with van der Waals surface area (Å²) < 4.78 is 5.17. The normalized spacial score (nSPS) is 11.5. The van der Waals surface area contributed by atoms with Crippen LogP contribution in [0.15, 0.2) is 0 Å². The number of carbonyl (C=O) groups is 1. The van der Waals surface area contributed by atoms with Crippen molar-refractivity contribution in [1.29, 1.82) is 0 Å². The number of likely N-dealkylation sites (N-methyl/N-ethyl adjacent to an activating group) is 1. The van der Waals surface area contributed by atoms with E-state index in [4.69, 9.17) is 10.5 Å². The summed E-state index contributed by atoms with van der Waals surface area (Å²) in [5.74, 6) is -0.0195. The Labute approximate surface area is 86.4 Å². The van der Waals surface area contributed by atoms with Crippen molar-refractivity contribution in [2.24, 2.45) is 5.73 Å². The maximum Gasteiger partial charge on any atom is 0.248 e. The van der Waals surface area contributed by atoms with Gasteiger partial charge in [0.15, 0.2) is 0 Å². The molecule has 0 aliphatic carbocycles. The van der Waals surface area contributed by atoms with Gasteiger partial charge in [0.25, 0.3) is 0 Å². The van der Waals surface area contributed by atoms with Gasteiger partial charge in [-0.25, -0.2) is 0 Å². The second-order valence-electron chi connectivity index (χ2n) is 4.02. The molecular weight excluding hydrogens is 180 g/mol. The van der Waals surface area contributed by atoms with Crippen LogP contribution in [0.25, 0.3) is 0 Å². The highest BCUT2D eigenvalue weighted by molar-refractivity contribution is 5.77. The smallest absolute Gasteiger partial charge is 0.248 e. The maximum absolute atomic E-state index is 11.6. The average Bonchev–Trinajstić information content (AvgIpc) is 2.17. The zero-order valence-electron chi connectivity index (χ0n) is 9.67. The molecule has 0 saturated carbocycles. The minimum Gasteiger partial charge on any atom is -0.372 e. The van der Waals surface area contributed by atoms with Crippen LogP contribution in [0.3, 0.4) is 0 Å². The first kappa shape index (κ1) is 13.4. The van der Waals surface area contributed by atoms with Crippen molar-refractivity contribution in [2.45, 2.75) is 32.7 Å². The number of carbonyl (C=O) groups excluding carboxylic acids is 1. The minimum absolute atomic E-state index is 0.0195. The summed E-state index contributed by atoms with van der Waals surface area (Å²) in [6.45, 7) is 7.10. The number of amides is 1. The minimum atomic E-state index is -0.299. The molecule has 0 heterocycles. The molecule has 0 aromatic carbocycles. The molecule has 0 saturated heterocycles. The van der Waals surface area contributed by atoms with Crippen LogP contribution in [0.1, 0.15) is 27.2 Å². The lowest BCUT2D eigenvalue weighted by molar-refractivity contribution is -0.139. The van der Waals surface area contributed by atoms with E-state index in [1.54, 1.807) is 11.9 Å². The van der Waals surface area contributed by atoms with Gasteiger partial charge >= 0.3 is 0 Å². The van der Waals surface area contributed by atoms with Crippen molar-refractivity contribution >= 4 is 5.91 Å². The van der Waals surface area contributed by atoms with Gasteiger partial charge in [-0.05, 0) is 20.3 Å². The SMILES string of the molecule is CCCOCC(=O)N(C)C(C)(C)CN. The van der Waals surface area contributed by atoms with E-state index >= 15 is 0 Å². The molecule has 84 valence electrons. The van der Waals surface area contributed by atoms with Crippen molar-refractivity contribution in [3.05, 3.63) is 0 Å². The molecule has 0 aromatic rings. The molecule has 0 fully saturated rings. The van der Waals surface area contributed by atoms with E-state index in [9.17, 15) is 4.79 Å². The van der Waals surface area contributed by atoms with Crippen molar-refractivity contribution in [3.63, 3.8) is 0 Å². The van der Waals surface area contributed by atoms with Gasteiger partial charge in [0, 0.05) is 25.7 Å². The number of ether oxygens (including phenoxy) is 1. The number of nitrogens with two attached hydrogens (primary N) is 1. The number of rotatable bonds is 6. The molecule has 0 aromatic heterocycles. The fourth-order valence-corrected chi connectivity index (χ4v) is 0.875. The van der Waals surface area contributed by atoms with Crippen LogP contribution in [0.4, 0.5) is 0 Å². The Kier molecular flexibility index (Phi) is 5.72. The zero-order valence-corrected chi connectivity index (χ0v) is 9.67. The van der Waals surface area contributed by atoms with Gasteiger partial charge in [-0.3, -0.25) is 4.79 Å². The first-order valence-electron chi connectivity index (χ1n) is 5.00. The summed E-state index contributed by atoms with van der Waals surface area (Å²) in [7, 11) is 1.75. The highest BCUT2D eigenvalue weighted by Gasteiger charge is 2.25. The fraction of sp³-hybridized carbons (Fsp3) is 0.900. The van der Waals surface area contributed by atoms with E-state index in [1.807, 2.05) is 20.8 Å². The Bertz CT molecular complexity index is 181. The third-order valence-corrected chi connectivity index (χ3v) is 2.36. The second-order valence-corrected chi connectivity index (χ2v) is 4.02. The molecule has 0 rings (SSSR count). The number of nitrogens with zero attached hydrogens (tertiary/aromatic N) is 1. The molecule has 0 bridgehead atoms. The number of hydrogen-bond donors (Lipinski definition) is 1.